The monoisotopic (exact) mass is 813 g/mol. The van der Waals surface area contributed by atoms with Gasteiger partial charge in [0.2, 0.25) is 0 Å². The lowest BCUT2D eigenvalue weighted by atomic mass is 9.39. The second kappa shape index (κ2) is 16.1. The molecule has 1 unspecified atom stereocenters. The second-order valence-corrected chi connectivity index (χ2v) is 17.2. The summed E-state index contributed by atoms with van der Waals surface area (Å²) in [6.45, 7) is -0.0668. The molecule has 0 saturated carbocycles. The molecule has 0 aliphatic carbocycles. The number of nitrogens with zero attached hydrogens (tertiary/aromatic N) is 1. The van der Waals surface area contributed by atoms with E-state index < -0.39 is 0 Å². The highest BCUT2D eigenvalue weighted by Crippen LogP contribution is 2.47. The second-order valence-electron chi connectivity index (χ2n) is 17.2. The standard InChI is InChI=1S/C62H44BN/c1-6-16-44(17-7-1)49-28-26-43(27-29-49)38-56-55-36-32-52(47-22-12-4-13-23-47)42-60(55)63-62-58(56)40-53(48-24-14-5-15-25-48)41-59(62)57-39-51(46-20-10-3-11-21-46)33-37-61(57)64(63)54-34-30-50(31-35-54)45-18-8-2-9-19-45/h1-37,39-42,56H,38H2. The Hall–Kier alpha value is -7.94. The van der Waals surface area contributed by atoms with Crippen molar-refractivity contribution >= 4 is 29.1 Å². The van der Waals surface area contributed by atoms with Crippen molar-refractivity contribution < 1.29 is 0 Å². The lowest BCUT2D eigenvalue weighted by molar-refractivity contribution is 0.810. The molecule has 0 N–H and O–H groups in total. The van der Waals surface area contributed by atoms with E-state index in [1.54, 1.807) is 0 Å². The van der Waals surface area contributed by atoms with Crippen LogP contribution in [-0.4, -0.2) is 6.85 Å². The van der Waals surface area contributed by atoms with Crippen molar-refractivity contribution in [1.82, 2.24) is 0 Å². The Morgan fingerprint density at radius 2 is 0.750 bits per heavy atom. The zero-order chi connectivity index (χ0) is 42.4. The average Bonchev–Trinajstić information content (AvgIpc) is 3.38. The third-order valence-electron chi connectivity index (χ3n) is 13.5. The van der Waals surface area contributed by atoms with Crippen molar-refractivity contribution in [3.8, 4) is 66.8 Å². The van der Waals surface area contributed by atoms with E-state index in [1.165, 1.54) is 106 Å². The summed E-state index contributed by atoms with van der Waals surface area (Å²) < 4.78 is 0. The summed E-state index contributed by atoms with van der Waals surface area (Å²) in [5.74, 6) is 0.122. The molecule has 0 spiro atoms. The summed E-state index contributed by atoms with van der Waals surface area (Å²) >= 11 is 0. The van der Waals surface area contributed by atoms with E-state index in [1.807, 2.05) is 0 Å². The van der Waals surface area contributed by atoms with Gasteiger partial charge in [-0.05, 0) is 126 Å². The molecular formula is C62H44BN. The van der Waals surface area contributed by atoms with Gasteiger partial charge in [-0.3, -0.25) is 0 Å². The normalized spacial score (nSPS) is 13.5. The molecule has 12 rings (SSSR count). The predicted molar refractivity (Wildman–Crippen MR) is 271 cm³/mol. The smallest absolute Gasteiger partial charge is 0.329 e. The SMILES string of the molecule is c1ccc(-c2ccc(CC3c4ccc(-c5ccccc5)cc4B4c5c(cc(-c6ccccc6)cc53)-c3cc(-c5ccccc5)ccc3N4c3ccc(-c4ccccc4)cc3)cc2)cc1. The summed E-state index contributed by atoms with van der Waals surface area (Å²) in [7, 11) is 0. The molecule has 0 fully saturated rings. The van der Waals surface area contributed by atoms with Crippen LogP contribution in [0.5, 0.6) is 0 Å². The molecule has 0 aromatic heterocycles. The molecule has 64 heavy (non-hydrogen) atoms. The van der Waals surface area contributed by atoms with Gasteiger partial charge < -0.3 is 4.81 Å². The Morgan fingerprint density at radius 3 is 1.30 bits per heavy atom. The van der Waals surface area contributed by atoms with E-state index in [-0.39, 0.29) is 12.8 Å². The largest absolute Gasteiger partial charge is 0.376 e. The van der Waals surface area contributed by atoms with Crippen molar-refractivity contribution in [3.05, 3.63) is 265 Å². The molecule has 0 amide bonds. The Balaban J connectivity index is 1.12. The number of fused-ring (bicyclic) bond motifs is 4. The Morgan fingerprint density at radius 1 is 0.328 bits per heavy atom. The lowest BCUT2D eigenvalue weighted by Crippen LogP contribution is -2.62. The van der Waals surface area contributed by atoms with Crippen LogP contribution >= 0.6 is 0 Å². The first kappa shape index (κ1) is 37.8. The summed E-state index contributed by atoms with van der Waals surface area (Å²) in [6, 6.07) is 92.1. The van der Waals surface area contributed by atoms with Crippen molar-refractivity contribution in [3.63, 3.8) is 0 Å². The summed E-state index contributed by atoms with van der Waals surface area (Å²) in [6.07, 6.45) is 0.882. The number of anilines is 2. The first-order valence-corrected chi connectivity index (χ1v) is 22.4. The van der Waals surface area contributed by atoms with Gasteiger partial charge in [-0.2, -0.15) is 0 Å². The molecule has 1 nitrogen and oxygen atoms in total. The van der Waals surface area contributed by atoms with Crippen LogP contribution in [0.3, 0.4) is 0 Å². The van der Waals surface area contributed by atoms with Crippen molar-refractivity contribution in [1.29, 1.82) is 0 Å². The highest BCUT2D eigenvalue weighted by molar-refractivity contribution is 6.92. The number of rotatable bonds is 8. The molecule has 0 radical (unpaired) electrons. The third-order valence-corrected chi connectivity index (χ3v) is 13.5. The maximum atomic E-state index is 2.64. The summed E-state index contributed by atoms with van der Waals surface area (Å²) in [5, 5.41) is 0. The summed E-state index contributed by atoms with van der Waals surface area (Å²) in [4.78, 5) is 2.64. The minimum absolute atomic E-state index is 0.0668. The molecule has 0 bridgehead atoms. The summed E-state index contributed by atoms with van der Waals surface area (Å²) in [5.41, 5.74) is 24.1. The van der Waals surface area contributed by atoms with Gasteiger partial charge in [0.05, 0.1) is 0 Å². The number of benzene rings is 10. The van der Waals surface area contributed by atoms with Crippen molar-refractivity contribution in [2.24, 2.45) is 0 Å². The molecule has 2 aliphatic heterocycles. The van der Waals surface area contributed by atoms with Gasteiger partial charge in [0.15, 0.2) is 0 Å². The molecule has 0 saturated heterocycles. The van der Waals surface area contributed by atoms with Crippen LogP contribution in [0.4, 0.5) is 11.4 Å². The van der Waals surface area contributed by atoms with Gasteiger partial charge in [0, 0.05) is 22.9 Å². The van der Waals surface area contributed by atoms with Crippen LogP contribution < -0.4 is 15.7 Å². The van der Waals surface area contributed by atoms with Crippen molar-refractivity contribution in [2.75, 3.05) is 4.81 Å². The predicted octanol–water partition coefficient (Wildman–Crippen LogP) is 14.6. The maximum Gasteiger partial charge on any atom is 0.329 e. The van der Waals surface area contributed by atoms with Crippen LogP contribution in [0.15, 0.2) is 249 Å². The lowest BCUT2D eigenvalue weighted by Gasteiger charge is -2.45. The number of hydrogen-bond donors (Lipinski definition) is 0. The quantitative estimate of drug-likeness (QED) is 0.138. The first-order valence-electron chi connectivity index (χ1n) is 22.4. The van der Waals surface area contributed by atoms with E-state index in [0.29, 0.717) is 0 Å². The van der Waals surface area contributed by atoms with E-state index in [4.69, 9.17) is 0 Å². The van der Waals surface area contributed by atoms with E-state index in [9.17, 15) is 0 Å². The van der Waals surface area contributed by atoms with Crippen LogP contribution in [-0.2, 0) is 6.42 Å². The van der Waals surface area contributed by atoms with Crippen LogP contribution in [0.1, 0.15) is 22.6 Å². The Kier molecular flexibility index (Phi) is 9.49. The van der Waals surface area contributed by atoms with Crippen LogP contribution in [0.2, 0.25) is 0 Å². The van der Waals surface area contributed by atoms with Gasteiger partial charge >= 0.3 is 6.85 Å². The van der Waals surface area contributed by atoms with Crippen LogP contribution in [0, 0.1) is 0 Å². The Labute approximate surface area is 376 Å². The van der Waals surface area contributed by atoms with E-state index in [0.717, 1.165) is 6.42 Å². The highest BCUT2D eigenvalue weighted by Gasteiger charge is 2.45. The average molecular weight is 814 g/mol. The minimum atomic E-state index is -0.0668. The molecule has 2 heteroatoms. The number of hydrogen-bond acceptors (Lipinski definition) is 1. The fourth-order valence-electron chi connectivity index (χ4n) is 10.4. The molecule has 10 aromatic carbocycles. The molecular weight excluding hydrogens is 770 g/mol. The molecule has 2 heterocycles. The van der Waals surface area contributed by atoms with Crippen molar-refractivity contribution in [2.45, 2.75) is 12.3 Å². The maximum absolute atomic E-state index is 2.64. The molecule has 2 aliphatic rings. The topological polar surface area (TPSA) is 3.24 Å². The zero-order valence-corrected chi connectivity index (χ0v) is 35.5. The van der Waals surface area contributed by atoms with Gasteiger partial charge in [-0.15, -0.1) is 0 Å². The minimum Gasteiger partial charge on any atom is -0.376 e. The van der Waals surface area contributed by atoms with E-state index >= 15 is 0 Å². The first-order chi connectivity index (χ1) is 31.7. The molecule has 300 valence electrons. The van der Waals surface area contributed by atoms with Gasteiger partial charge in [-0.1, -0.05) is 218 Å². The van der Waals surface area contributed by atoms with Gasteiger partial charge in [0.1, 0.15) is 0 Å². The van der Waals surface area contributed by atoms with Crippen LogP contribution in [0.25, 0.3) is 66.8 Å². The van der Waals surface area contributed by atoms with Gasteiger partial charge in [-0.25, -0.2) is 0 Å². The zero-order valence-electron chi connectivity index (χ0n) is 35.5. The van der Waals surface area contributed by atoms with E-state index in [2.05, 4.69) is 254 Å². The third kappa shape index (κ3) is 6.76. The Bertz CT molecular complexity index is 3260. The fourth-order valence-corrected chi connectivity index (χ4v) is 10.4. The molecule has 10 aromatic rings. The fraction of sp³-hybridized carbons (Fsp3) is 0.0323. The molecule has 1 atom stereocenters. The van der Waals surface area contributed by atoms with Gasteiger partial charge in [0.25, 0.3) is 0 Å². The highest BCUT2D eigenvalue weighted by atomic mass is 15.1.